The molecule has 2 aromatic rings. The molecule has 0 saturated heterocycles. The van der Waals surface area contributed by atoms with Crippen LogP contribution in [0.25, 0.3) is 0 Å². The summed E-state index contributed by atoms with van der Waals surface area (Å²) in [5, 5.41) is 0.732. The molecule has 3 amide bonds. The van der Waals surface area contributed by atoms with Crippen LogP contribution in [0.2, 0.25) is 0 Å². The maximum Gasteiger partial charge on any atom is 0.257 e. The van der Waals surface area contributed by atoms with E-state index in [2.05, 4.69) is 4.98 Å². The van der Waals surface area contributed by atoms with E-state index in [1.54, 1.807) is 24.3 Å². The second kappa shape index (κ2) is 7.35. The first-order valence-electron chi connectivity index (χ1n) is 9.36. The van der Waals surface area contributed by atoms with Gasteiger partial charge in [-0.3, -0.25) is 19.4 Å². The predicted molar refractivity (Wildman–Crippen MR) is 106 cm³/mol. The van der Waals surface area contributed by atoms with Gasteiger partial charge in [-0.1, -0.05) is 0 Å². The summed E-state index contributed by atoms with van der Waals surface area (Å²) in [7, 11) is 1.67. The monoisotopic (exact) mass is 398 g/mol. The molecule has 2 aliphatic heterocycles. The molecule has 0 bridgehead atoms. The fraction of sp³-hybridized carbons (Fsp3) is 0.400. The minimum Gasteiger partial charge on any atom is -0.337 e. The van der Waals surface area contributed by atoms with Crippen LogP contribution in [0.3, 0.4) is 0 Å². The first-order valence-corrected chi connectivity index (χ1v) is 10.2. The van der Waals surface area contributed by atoms with E-state index in [4.69, 9.17) is 0 Å². The molecular formula is C20H22N4O3S. The highest BCUT2D eigenvalue weighted by atomic mass is 32.1. The summed E-state index contributed by atoms with van der Waals surface area (Å²) >= 11 is 1.47. The van der Waals surface area contributed by atoms with Gasteiger partial charge in [0, 0.05) is 37.4 Å². The Bertz CT molecular complexity index is 940. The zero-order valence-electron chi connectivity index (χ0n) is 16.0. The number of carbonyl (C=O) groups excluding carboxylic acids is 3. The SMILES string of the molecule is CCN1C(=O)CN(C)C(=O)c2c1sc1c2CCN(C(=O)Cc2ccncc2)C1. The third-order valence-corrected chi connectivity index (χ3v) is 6.53. The average Bonchev–Trinajstić information content (AvgIpc) is 3.02. The number of nitrogens with zero attached hydrogens (tertiary/aromatic N) is 4. The lowest BCUT2D eigenvalue weighted by atomic mass is 10.0. The lowest BCUT2D eigenvalue weighted by Gasteiger charge is -2.27. The number of carbonyl (C=O) groups is 3. The van der Waals surface area contributed by atoms with Crippen molar-refractivity contribution in [2.24, 2.45) is 0 Å². The molecule has 0 atom stereocenters. The molecule has 0 aliphatic carbocycles. The first-order chi connectivity index (χ1) is 13.5. The largest absolute Gasteiger partial charge is 0.337 e. The van der Waals surface area contributed by atoms with Crippen molar-refractivity contribution in [3.8, 4) is 0 Å². The molecule has 7 nitrogen and oxygen atoms in total. The fourth-order valence-electron chi connectivity index (χ4n) is 3.78. The lowest BCUT2D eigenvalue weighted by Crippen LogP contribution is -2.38. The number of amides is 3. The van der Waals surface area contributed by atoms with Crippen molar-refractivity contribution < 1.29 is 14.4 Å². The van der Waals surface area contributed by atoms with Gasteiger partial charge in [-0.2, -0.15) is 0 Å². The van der Waals surface area contributed by atoms with Crippen LogP contribution in [0, 0.1) is 0 Å². The van der Waals surface area contributed by atoms with Crippen LogP contribution in [0.5, 0.6) is 0 Å². The predicted octanol–water partition coefficient (Wildman–Crippen LogP) is 1.71. The van der Waals surface area contributed by atoms with E-state index in [1.807, 2.05) is 24.0 Å². The van der Waals surface area contributed by atoms with Crippen LogP contribution >= 0.6 is 11.3 Å². The van der Waals surface area contributed by atoms with Gasteiger partial charge >= 0.3 is 0 Å². The normalized spacial score (nSPS) is 16.7. The van der Waals surface area contributed by atoms with Crippen LogP contribution in [0.15, 0.2) is 24.5 Å². The smallest absolute Gasteiger partial charge is 0.257 e. The molecule has 2 aromatic heterocycles. The number of hydrogen-bond acceptors (Lipinski definition) is 5. The van der Waals surface area contributed by atoms with Crippen molar-refractivity contribution >= 4 is 34.1 Å². The summed E-state index contributed by atoms with van der Waals surface area (Å²) in [5.74, 6) is -0.109. The quantitative estimate of drug-likeness (QED) is 0.789. The number of likely N-dealkylation sites (N-methyl/N-ethyl adjacent to an activating group) is 2. The zero-order chi connectivity index (χ0) is 19.8. The summed E-state index contributed by atoms with van der Waals surface area (Å²) < 4.78 is 0. The summed E-state index contributed by atoms with van der Waals surface area (Å²) in [5.41, 5.74) is 2.58. The number of rotatable bonds is 3. The number of thiophene rings is 1. The maximum absolute atomic E-state index is 12.9. The molecule has 4 heterocycles. The van der Waals surface area contributed by atoms with Crippen LogP contribution in [0.4, 0.5) is 5.00 Å². The molecule has 0 radical (unpaired) electrons. The topological polar surface area (TPSA) is 73.8 Å². The van der Waals surface area contributed by atoms with Crippen molar-refractivity contribution in [1.82, 2.24) is 14.8 Å². The summed E-state index contributed by atoms with van der Waals surface area (Å²) in [6, 6.07) is 3.69. The Balaban J connectivity index is 1.62. The van der Waals surface area contributed by atoms with Crippen molar-refractivity contribution in [1.29, 1.82) is 0 Å². The van der Waals surface area contributed by atoms with E-state index in [1.165, 1.54) is 16.2 Å². The molecule has 2 aliphatic rings. The number of fused-ring (bicyclic) bond motifs is 3. The summed E-state index contributed by atoms with van der Waals surface area (Å²) in [4.78, 5) is 48.2. The first kappa shape index (κ1) is 18.6. The Morgan fingerprint density at radius 1 is 1.21 bits per heavy atom. The second-order valence-corrected chi connectivity index (χ2v) is 8.16. The summed E-state index contributed by atoms with van der Waals surface area (Å²) in [6.07, 6.45) is 4.34. The zero-order valence-corrected chi connectivity index (χ0v) is 16.8. The number of anilines is 1. The molecule has 28 heavy (non-hydrogen) atoms. The third kappa shape index (κ3) is 3.17. The Morgan fingerprint density at radius 3 is 2.68 bits per heavy atom. The van der Waals surface area contributed by atoms with Crippen LogP contribution in [-0.2, 0) is 29.0 Å². The molecule has 0 spiro atoms. The van der Waals surface area contributed by atoms with Gasteiger partial charge in [-0.25, -0.2) is 0 Å². The van der Waals surface area contributed by atoms with E-state index in [0.29, 0.717) is 38.0 Å². The Kier molecular flexibility index (Phi) is 4.89. The molecule has 146 valence electrons. The molecule has 0 aromatic carbocycles. The van der Waals surface area contributed by atoms with Gasteiger partial charge in [0.1, 0.15) is 11.5 Å². The van der Waals surface area contributed by atoms with Gasteiger partial charge in [-0.15, -0.1) is 11.3 Å². The van der Waals surface area contributed by atoms with Gasteiger partial charge in [0.2, 0.25) is 11.8 Å². The van der Waals surface area contributed by atoms with Gasteiger partial charge in [0.25, 0.3) is 5.91 Å². The lowest BCUT2D eigenvalue weighted by molar-refractivity contribution is -0.131. The minimum absolute atomic E-state index is 0.0623. The van der Waals surface area contributed by atoms with Gasteiger partial charge in [0.15, 0.2) is 0 Å². The van der Waals surface area contributed by atoms with Gasteiger partial charge < -0.3 is 14.7 Å². The van der Waals surface area contributed by atoms with Crippen molar-refractivity contribution in [3.63, 3.8) is 0 Å². The highest BCUT2D eigenvalue weighted by Gasteiger charge is 2.36. The van der Waals surface area contributed by atoms with E-state index >= 15 is 0 Å². The van der Waals surface area contributed by atoms with E-state index in [-0.39, 0.29) is 24.3 Å². The fourth-order valence-corrected chi connectivity index (χ4v) is 5.22. The average molecular weight is 398 g/mol. The highest BCUT2D eigenvalue weighted by Crippen LogP contribution is 2.41. The van der Waals surface area contributed by atoms with E-state index < -0.39 is 0 Å². The third-order valence-electron chi connectivity index (χ3n) is 5.29. The molecule has 0 N–H and O–H groups in total. The molecular weight excluding hydrogens is 376 g/mol. The summed E-state index contributed by atoms with van der Waals surface area (Å²) in [6.45, 7) is 3.61. The Hall–Kier alpha value is -2.74. The molecule has 8 heteroatoms. The standard InChI is InChI=1S/C20H22N4O3S/c1-3-24-17(26)12-22(2)19(27)18-14-6-9-23(11-15(14)28-20(18)24)16(25)10-13-4-7-21-8-5-13/h4-5,7-8H,3,6,9-12H2,1-2H3. The Labute approximate surface area is 167 Å². The van der Waals surface area contributed by atoms with Gasteiger partial charge in [0.05, 0.1) is 18.5 Å². The second-order valence-electron chi connectivity index (χ2n) is 7.08. The van der Waals surface area contributed by atoms with E-state index in [9.17, 15) is 14.4 Å². The maximum atomic E-state index is 12.9. The van der Waals surface area contributed by atoms with Crippen molar-refractivity contribution in [3.05, 3.63) is 46.1 Å². The van der Waals surface area contributed by atoms with Crippen LogP contribution in [-0.4, -0.2) is 59.2 Å². The van der Waals surface area contributed by atoms with Crippen LogP contribution in [0.1, 0.15) is 33.3 Å². The number of hydrogen-bond donors (Lipinski definition) is 0. The minimum atomic E-state index is -0.103. The molecule has 0 saturated carbocycles. The van der Waals surface area contributed by atoms with Gasteiger partial charge in [-0.05, 0) is 36.6 Å². The molecule has 4 rings (SSSR count). The molecule has 0 fully saturated rings. The highest BCUT2D eigenvalue weighted by molar-refractivity contribution is 7.17. The van der Waals surface area contributed by atoms with E-state index in [0.717, 1.165) is 21.0 Å². The molecule has 0 unspecified atom stereocenters. The van der Waals surface area contributed by atoms with Crippen LogP contribution < -0.4 is 4.90 Å². The van der Waals surface area contributed by atoms with Crippen molar-refractivity contribution in [2.75, 3.05) is 31.6 Å². The van der Waals surface area contributed by atoms with Crippen molar-refractivity contribution in [2.45, 2.75) is 26.3 Å². The number of aromatic nitrogens is 1. The Morgan fingerprint density at radius 2 is 1.96 bits per heavy atom. The number of pyridine rings is 1.